The summed E-state index contributed by atoms with van der Waals surface area (Å²) in [5.74, 6) is 0.130. The smallest absolute Gasteiger partial charge is 0.314 e. The van der Waals surface area contributed by atoms with Gasteiger partial charge in [0.1, 0.15) is 0 Å². The standard InChI is InChI=1S/C14H24N2O3/c17-12(18)9-14(6-2-7-14)10-16-13(19)15-8-1-3-11-4-5-11/h11H,1-10H2,(H,17,18)(H2,15,16,19). The first-order valence-corrected chi connectivity index (χ1v) is 7.33. The highest BCUT2D eigenvalue weighted by Crippen LogP contribution is 2.43. The average Bonchev–Trinajstić information content (AvgIpc) is 3.11. The summed E-state index contributed by atoms with van der Waals surface area (Å²) < 4.78 is 0. The van der Waals surface area contributed by atoms with Crippen LogP contribution in [0.5, 0.6) is 0 Å². The second-order valence-corrected chi connectivity index (χ2v) is 6.12. The Morgan fingerprint density at radius 3 is 2.47 bits per heavy atom. The molecule has 2 rings (SSSR count). The van der Waals surface area contributed by atoms with E-state index in [-0.39, 0.29) is 17.9 Å². The first kappa shape index (κ1) is 14.2. The molecule has 3 N–H and O–H groups in total. The van der Waals surface area contributed by atoms with Crippen molar-refractivity contribution >= 4 is 12.0 Å². The van der Waals surface area contributed by atoms with Gasteiger partial charge in [-0.2, -0.15) is 0 Å². The highest BCUT2D eigenvalue weighted by molar-refractivity contribution is 5.74. The molecular weight excluding hydrogens is 244 g/mol. The third-order valence-corrected chi connectivity index (χ3v) is 4.34. The number of aliphatic carboxylic acids is 1. The number of amides is 2. The van der Waals surface area contributed by atoms with Gasteiger partial charge in [0.2, 0.25) is 0 Å². The van der Waals surface area contributed by atoms with Crippen LogP contribution in [0.25, 0.3) is 0 Å². The molecule has 0 aliphatic heterocycles. The van der Waals surface area contributed by atoms with E-state index in [1.807, 2.05) is 0 Å². The van der Waals surface area contributed by atoms with Gasteiger partial charge in [-0.25, -0.2) is 4.79 Å². The molecular formula is C14H24N2O3. The molecule has 2 amide bonds. The Labute approximate surface area is 114 Å². The van der Waals surface area contributed by atoms with Crippen LogP contribution < -0.4 is 10.6 Å². The van der Waals surface area contributed by atoms with Crippen molar-refractivity contribution in [1.29, 1.82) is 0 Å². The lowest BCUT2D eigenvalue weighted by atomic mass is 9.66. The Morgan fingerprint density at radius 2 is 1.95 bits per heavy atom. The maximum atomic E-state index is 11.6. The molecule has 2 saturated carbocycles. The fourth-order valence-electron chi connectivity index (χ4n) is 2.74. The zero-order valence-corrected chi connectivity index (χ0v) is 11.4. The molecule has 0 heterocycles. The molecule has 0 unspecified atom stereocenters. The van der Waals surface area contributed by atoms with Crippen LogP contribution in [0.1, 0.15) is 51.4 Å². The summed E-state index contributed by atoms with van der Waals surface area (Å²) in [5.41, 5.74) is -0.197. The second kappa shape index (κ2) is 6.26. The monoisotopic (exact) mass is 268 g/mol. The first-order valence-electron chi connectivity index (χ1n) is 7.33. The van der Waals surface area contributed by atoms with Crippen molar-refractivity contribution in [2.75, 3.05) is 13.1 Å². The summed E-state index contributed by atoms with van der Waals surface area (Å²) in [6.07, 6.45) is 7.99. The highest BCUT2D eigenvalue weighted by atomic mass is 16.4. The van der Waals surface area contributed by atoms with E-state index in [1.54, 1.807) is 0 Å². The van der Waals surface area contributed by atoms with E-state index in [0.717, 1.165) is 31.6 Å². The molecule has 0 bridgehead atoms. The summed E-state index contributed by atoms with van der Waals surface area (Å²) in [5, 5.41) is 14.5. The van der Waals surface area contributed by atoms with Gasteiger partial charge >= 0.3 is 12.0 Å². The predicted molar refractivity (Wildman–Crippen MR) is 71.9 cm³/mol. The summed E-state index contributed by atoms with van der Waals surface area (Å²) in [6, 6.07) is -0.160. The van der Waals surface area contributed by atoms with E-state index in [0.29, 0.717) is 13.1 Å². The van der Waals surface area contributed by atoms with Crippen LogP contribution in [-0.2, 0) is 4.79 Å². The third-order valence-electron chi connectivity index (χ3n) is 4.34. The molecule has 0 atom stereocenters. The van der Waals surface area contributed by atoms with Crippen molar-refractivity contribution in [3.63, 3.8) is 0 Å². The molecule has 0 aromatic carbocycles. The Morgan fingerprint density at radius 1 is 1.21 bits per heavy atom. The lowest BCUT2D eigenvalue weighted by molar-refractivity contribution is -0.141. The number of carboxylic acid groups (broad SMARTS) is 1. The Bertz CT molecular complexity index is 336. The van der Waals surface area contributed by atoms with Crippen LogP contribution in [-0.4, -0.2) is 30.2 Å². The van der Waals surface area contributed by atoms with Crippen molar-refractivity contribution in [3.05, 3.63) is 0 Å². The summed E-state index contributed by atoms with van der Waals surface area (Å²) in [4.78, 5) is 22.4. The number of hydrogen-bond acceptors (Lipinski definition) is 2. The predicted octanol–water partition coefficient (Wildman–Crippen LogP) is 2.12. The molecule has 2 aliphatic rings. The van der Waals surface area contributed by atoms with Gasteiger partial charge in [-0.1, -0.05) is 19.3 Å². The molecule has 108 valence electrons. The Balaban J connectivity index is 1.57. The number of nitrogens with one attached hydrogen (secondary N) is 2. The quantitative estimate of drug-likeness (QED) is 0.590. The first-order chi connectivity index (χ1) is 9.10. The van der Waals surface area contributed by atoms with Crippen LogP contribution in [0.4, 0.5) is 4.79 Å². The van der Waals surface area contributed by atoms with Crippen molar-refractivity contribution in [2.45, 2.75) is 51.4 Å². The summed E-state index contributed by atoms with van der Waals surface area (Å²) >= 11 is 0. The lowest BCUT2D eigenvalue weighted by Gasteiger charge is -2.40. The van der Waals surface area contributed by atoms with Crippen molar-refractivity contribution in [1.82, 2.24) is 10.6 Å². The van der Waals surface area contributed by atoms with E-state index < -0.39 is 5.97 Å². The molecule has 0 spiro atoms. The van der Waals surface area contributed by atoms with Crippen LogP contribution in [0.15, 0.2) is 0 Å². The van der Waals surface area contributed by atoms with Gasteiger partial charge in [-0.05, 0) is 37.0 Å². The zero-order valence-electron chi connectivity index (χ0n) is 11.4. The van der Waals surface area contributed by atoms with Crippen LogP contribution in [0.2, 0.25) is 0 Å². The lowest BCUT2D eigenvalue weighted by Crippen LogP contribution is -2.46. The molecule has 0 aromatic heterocycles. The highest BCUT2D eigenvalue weighted by Gasteiger charge is 2.39. The van der Waals surface area contributed by atoms with E-state index in [9.17, 15) is 9.59 Å². The van der Waals surface area contributed by atoms with Gasteiger partial charge in [-0.15, -0.1) is 0 Å². The summed E-state index contributed by atoms with van der Waals surface area (Å²) in [6.45, 7) is 1.20. The normalized spacial score (nSPS) is 20.4. The maximum Gasteiger partial charge on any atom is 0.314 e. The number of carboxylic acids is 1. The minimum atomic E-state index is -0.772. The fourth-order valence-corrected chi connectivity index (χ4v) is 2.74. The van der Waals surface area contributed by atoms with Gasteiger partial charge in [0.05, 0.1) is 6.42 Å². The van der Waals surface area contributed by atoms with E-state index in [1.165, 1.54) is 19.3 Å². The van der Waals surface area contributed by atoms with Crippen molar-refractivity contribution < 1.29 is 14.7 Å². The topological polar surface area (TPSA) is 78.4 Å². The van der Waals surface area contributed by atoms with E-state index in [4.69, 9.17) is 5.11 Å². The van der Waals surface area contributed by atoms with Crippen LogP contribution in [0.3, 0.4) is 0 Å². The average molecular weight is 268 g/mol. The molecule has 5 nitrogen and oxygen atoms in total. The van der Waals surface area contributed by atoms with Gasteiger partial charge in [0.25, 0.3) is 0 Å². The number of rotatable bonds is 8. The molecule has 0 radical (unpaired) electrons. The Kier molecular flexibility index (Phi) is 4.66. The van der Waals surface area contributed by atoms with Crippen LogP contribution >= 0.6 is 0 Å². The van der Waals surface area contributed by atoms with Gasteiger partial charge in [-0.3, -0.25) is 4.79 Å². The van der Waals surface area contributed by atoms with Crippen molar-refractivity contribution in [2.24, 2.45) is 11.3 Å². The van der Waals surface area contributed by atoms with E-state index >= 15 is 0 Å². The zero-order chi connectivity index (χ0) is 13.7. The number of hydrogen-bond donors (Lipinski definition) is 3. The van der Waals surface area contributed by atoms with Crippen LogP contribution in [0, 0.1) is 11.3 Å². The third kappa shape index (κ3) is 4.73. The minimum Gasteiger partial charge on any atom is -0.481 e. The number of carbonyl (C=O) groups excluding carboxylic acids is 1. The Hall–Kier alpha value is -1.26. The molecule has 2 fully saturated rings. The van der Waals surface area contributed by atoms with Gasteiger partial charge in [0.15, 0.2) is 0 Å². The number of carbonyl (C=O) groups is 2. The van der Waals surface area contributed by atoms with Gasteiger partial charge < -0.3 is 15.7 Å². The molecule has 5 heteroatoms. The molecule has 19 heavy (non-hydrogen) atoms. The molecule has 0 saturated heterocycles. The second-order valence-electron chi connectivity index (χ2n) is 6.12. The SMILES string of the molecule is O=C(O)CC1(CNC(=O)NCCCC2CC2)CCC1. The fraction of sp³-hybridized carbons (Fsp3) is 0.857. The largest absolute Gasteiger partial charge is 0.481 e. The molecule has 2 aliphatic carbocycles. The number of urea groups is 1. The van der Waals surface area contributed by atoms with Crippen molar-refractivity contribution in [3.8, 4) is 0 Å². The van der Waals surface area contributed by atoms with Gasteiger partial charge in [0, 0.05) is 13.1 Å². The maximum absolute atomic E-state index is 11.6. The minimum absolute atomic E-state index is 0.160. The summed E-state index contributed by atoms with van der Waals surface area (Å²) in [7, 11) is 0. The molecule has 0 aromatic rings. The van der Waals surface area contributed by atoms with E-state index in [2.05, 4.69) is 10.6 Å².